The number of hydrogen-bond acceptors (Lipinski definition) is 4. The average Bonchev–Trinajstić information content (AvgIpc) is 3.09. The largest absolute Gasteiger partial charge is 0.332 e. The van der Waals surface area contributed by atoms with E-state index in [0.717, 1.165) is 11.0 Å². The van der Waals surface area contributed by atoms with Gasteiger partial charge in [0.25, 0.3) is 5.56 Å². The van der Waals surface area contributed by atoms with Crippen LogP contribution in [0.15, 0.2) is 21.9 Å². The van der Waals surface area contributed by atoms with Crippen molar-refractivity contribution in [2.24, 2.45) is 20.0 Å². The fraction of sp³-hybridized carbons (Fsp3) is 0.529. The maximum atomic E-state index is 12.4. The van der Waals surface area contributed by atoms with Gasteiger partial charge in [-0.25, -0.2) is 9.78 Å². The van der Waals surface area contributed by atoms with E-state index in [-0.39, 0.29) is 16.9 Å². The van der Waals surface area contributed by atoms with Gasteiger partial charge in [0.15, 0.2) is 5.65 Å². The fourth-order valence-electron chi connectivity index (χ4n) is 3.44. The number of aryl methyl sites for hydroxylation is 1. The molecule has 2 heterocycles. The van der Waals surface area contributed by atoms with Crippen LogP contribution in [-0.2, 0) is 18.9 Å². The second kappa shape index (κ2) is 6.59. The molecule has 0 saturated heterocycles. The first-order valence-corrected chi connectivity index (χ1v) is 8.33. The molecule has 0 radical (unpaired) electrons. The number of fused-ring (bicyclic) bond motifs is 1. The molecule has 0 aliphatic heterocycles. The van der Waals surface area contributed by atoms with Crippen molar-refractivity contribution >= 4 is 22.6 Å². The smallest absolute Gasteiger partial charge is 0.325 e. The summed E-state index contributed by atoms with van der Waals surface area (Å²) in [6.07, 6.45) is 7.73. The van der Waals surface area contributed by atoms with Crippen LogP contribution in [0.3, 0.4) is 0 Å². The van der Waals surface area contributed by atoms with Crippen LogP contribution >= 0.6 is 0 Å². The molecule has 1 aliphatic rings. The van der Waals surface area contributed by atoms with E-state index in [1.54, 1.807) is 13.1 Å². The van der Waals surface area contributed by atoms with Gasteiger partial charge in [-0.15, -0.1) is 0 Å². The number of carbonyl (C=O) groups excluding carboxylic acids is 1. The molecule has 1 amide bonds. The minimum absolute atomic E-state index is 0.106. The quantitative estimate of drug-likeness (QED) is 0.921. The number of hydrogen-bond donors (Lipinski definition) is 1. The molecule has 1 saturated carbocycles. The van der Waals surface area contributed by atoms with E-state index in [4.69, 9.17) is 0 Å². The molecule has 2 aromatic heterocycles. The van der Waals surface area contributed by atoms with Crippen LogP contribution in [-0.4, -0.2) is 20.0 Å². The van der Waals surface area contributed by atoms with E-state index in [0.29, 0.717) is 18.0 Å². The summed E-state index contributed by atoms with van der Waals surface area (Å²) < 4.78 is 2.34. The van der Waals surface area contributed by atoms with Crippen LogP contribution < -0.4 is 16.6 Å². The van der Waals surface area contributed by atoms with E-state index in [1.165, 1.54) is 43.5 Å². The summed E-state index contributed by atoms with van der Waals surface area (Å²) in [4.78, 5) is 40.8. The number of nitrogens with one attached hydrogen (secondary N) is 1. The zero-order chi connectivity index (χ0) is 17.3. The molecule has 7 heteroatoms. The van der Waals surface area contributed by atoms with Crippen molar-refractivity contribution in [3.63, 3.8) is 0 Å². The third kappa shape index (κ3) is 2.98. The fourth-order valence-corrected chi connectivity index (χ4v) is 3.44. The van der Waals surface area contributed by atoms with E-state index < -0.39 is 11.2 Å². The number of nitrogens with zero attached hydrogens (tertiary/aromatic N) is 3. The molecule has 1 N–H and O–H groups in total. The monoisotopic (exact) mass is 330 g/mol. The molecule has 0 unspecified atom stereocenters. The number of pyridine rings is 1. The highest BCUT2D eigenvalue weighted by atomic mass is 16.2. The molecule has 0 aromatic carbocycles. The molecule has 2 aromatic rings. The summed E-state index contributed by atoms with van der Waals surface area (Å²) in [6.45, 7) is 0. The molecule has 3 rings (SSSR count). The number of anilines is 1. The summed E-state index contributed by atoms with van der Waals surface area (Å²) in [5.41, 5.74) is -0.207. The zero-order valence-electron chi connectivity index (χ0n) is 14.0. The Morgan fingerprint density at radius 2 is 1.96 bits per heavy atom. The number of carbonyl (C=O) groups is 1. The van der Waals surface area contributed by atoms with E-state index >= 15 is 0 Å². The van der Waals surface area contributed by atoms with Gasteiger partial charge in [-0.1, -0.05) is 25.7 Å². The van der Waals surface area contributed by atoms with Gasteiger partial charge in [0.05, 0.1) is 5.69 Å². The van der Waals surface area contributed by atoms with Gasteiger partial charge < -0.3 is 5.32 Å². The lowest BCUT2D eigenvalue weighted by Crippen LogP contribution is -2.37. The Labute approximate surface area is 139 Å². The van der Waals surface area contributed by atoms with Crippen molar-refractivity contribution in [3.8, 4) is 0 Å². The van der Waals surface area contributed by atoms with E-state index in [1.807, 2.05) is 0 Å². The molecular formula is C17H22N4O3. The molecule has 128 valence electrons. The SMILES string of the molecule is Cn1c(=O)c2c(NC(=O)CCC3CCCC3)ccnc2n(C)c1=O. The third-order valence-electron chi connectivity index (χ3n) is 4.87. The van der Waals surface area contributed by atoms with Gasteiger partial charge in [-0.2, -0.15) is 0 Å². The topological polar surface area (TPSA) is 86.0 Å². The van der Waals surface area contributed by atoms with Gasteiger partial charge >= 0.3 is 5.69 Å². The summed E-state index contributed by atoms with van der Waals surface area (Å²) >= 11 is 0. The maximum absolute atomic E-state index is 12.4. The van der Waals surface area contributed by atoms with Crippen LogP contribution in [0, 0.1) is 5.92 Å². The summed E-state index contributed by atoms with van der Waals surface area (Å²) in [5, 5.41) is 3.08. The Bertz CT molecular complexity index is 891. The van der Waals surface area contributed by atoms with Crippen molar-refractivity contribution in [1.29, 1.82) is 0 Å². The Kier molecular flexibility index (Phi) is 4.51. The molecule has 0 bridgehead atoms. The normalized spacial score (nSPS) is 15.1. The molecule has 7 nitrogen and oxygen atoms in total. The summed E-state index contributed by atoms with van der Waals surface area (Å²) in [6, 6.07) is 1.60. The number of rotatable bonds is 4. The predicted molar refractivity (Wildman–Crippen MR) is 92.0 cm³/mol. The van der Waals surface area contributed by atoms with Gasteiger partial charge in [-0.05, 0) is 18.4 Å². The van der Waals surface area contributed by atoms with E-state index in [9.17, 15) is 14.4 Å². The highest BCUT2D eigenvalue weighted by molar-refractivity contribution is 5.99. The molecule has 1 fully saturated rings. The Hall–Kier alpha value is -2.44. The van der Waals surface area contributed by atoms with Gasteiger partial charge in [-0.3, -0.25) is 18.7 Å². The highest BCUT2D eigenvalue weighted by Gasteiger charge is 2.18. The summed E-state index contributed by atoms with van der Waals surface area (Å²) in [5.74, 6) is 0.531. The van der Waals surface area contributed by atoms with Gasteiger partial charge in [0.2, 0.25) is 5.91 Å². The maximum Gasteiger partial charge on any atom is 0.332 e. The van der Waals surface area contributed by atoms with Crippen molar-refractivity contribution in [2.45, 2.75) is 38.5 Å². The molecule has 0 atom stereocenters. The van der Waals surface area contributed by atoms with Gasteiger partial charge in [0.1, 0.15) is 5.39 Å². The minimum atomic E-state index is -0.452. The lowest BCUT2D eigenvalue weighted by atomic mass is 10.0. The van der Waals surface area contributed by atoms with Crippen molar-refractivity contribution < 1.29 is 4.79 Å². The molecule has 24 heavy (non-hydrogen) atoms. The lowest BCUT2D eigenvalue weighted by molar-refractivity contribution is -0.116. The molecule has 1 aliphatic carbocycles. The Morgan fingerprint density at radius 3 is 2.67 bits per heavy atom. The van der Waals surface area contributed by atoms with Crippen molar-refractivity contribution in [2.75, 3.05) is 5.32 Å². The second-order valence-corrected chi connectivity index (χ2v) is 6.50. The van der Waals surface area contributed by atoms with Crippen LogP contribution in [0.2, 0.25) is 0 Å². The zero-order valence-corrected chi connectivity index (χ0v) is 14.0. The molecular weight excluding hydrogens is 308 g/mol. The second-order valence-electron chi connectivity index (χ2n) is 6.50. The Balaban J connectivity index is 1.88. The highest BCUT2D eigenvalue weighted by Crippen LogP contribution is 2.28. The number of amides is 1. The van der Waals surface area contributed by atoms with Crippen LogP contribution in [0.1, 0.15) is 38.5 Å². The van der Waals surface area contributed by atoms with Crippen molar-refractivity contribution in [3.05, 3.63) is 33.1 Å². The standard InChI is InChI=1S/C17H22N4O3/c1-20-15-14(16(23)21(2)17(20)24)12(9-10-18-15)19-13(22)8-7-11-5-3-4-6-11/h9-11H,3-8H2,1-2H3,(H,18,19,22). The lowest BCUT2D eigenvalue weighted by Gasteiger charge is -2.12. The van der Waals surface area contributed by atoms with Crippen molar-refractivity contribution in [1.82, 2.24) is 14.1 Å². The van der Waals surface area contributed by atoms with Crippen LogP contribution in [0.5, 0.6) is 0 Å². The first-order chi connectivity index (χ1) is 11.5. The first-order valence-electron chi connectivity index (χ1n) is 8.33. The third-order valence-corrected chi connectivity index (χ3v) is 4.87. The predicted octanol–water partition coefficient (Wildman–Crippen LogP) is 1.54. The first kappa shape index (κ1) is 16.4. The van der Waals surface area contributed by atoms with Crippen LogP contribution in [0.4, 0.5) is 5.69 Å². The minimum Gasteiger partial charge on any atom is -0.325 e. The van der Waals surface area contributed by atoms with E-state index in [2.05, 4.69) is 10.3 Å². The summed E-state index contributed by atoms with van der Waals surface area (Å²) in [7, 11) is 2.98. The molecule has 0 spiro atoms. The average molecular weight is 330 g/mol. The number of aromatic nitrogens is 3. The Morgan fingerprint density at radius 1 is 1.25 bits per heavy atom. The van der Waals surface area contributed by atoms with Crippen LogP contribution in [0.25, 0.3) is 11.0 Å². The van der Waals surface area contributed by atoms with Gasteiger partial charge in [0, 0.05) is 26.7 Å².